The fourth-order valence-corrected chi connectivity index (χ4v) is 7.86. The summed E-state index contributed by atoms with van der Waals surface area (Å²) in [6.07, 6.45) is 44.3. The minimum absolute atomic E-state index is 0.219. The quantitative estimate of drug-likeness (QED) is 0.0264. The number of unbranched alkanes of at least 4 members (excludes halogenated alkanes) is 27. The third-order valence-electron chi connectivity index (χ3n) is 12.0. The standard InChI is InChI=1S/C53H96O10/c1-3-5-7-9-11-13-15-17-19-21-23-25-27-29-31-33-35-37-39-41-48(55)60-44-46(45-61-53-52(59)51(58)50(57)47(43-54)63-53)62-49(56)42-40-38-36-34-32-30-28-26-24-22-20-18-16-14-12-10-8-6-4-2/h12,14,17-20,46-47,50-54,57-59H,3-11,13,15-16,21-45H2,1-2H3/b14-12+,19-17+,20-18+/t46-,47-,50+,51?,52?,53-/m0/s1. The molecule has 0 amide bonds. The Hall–Kier alpha value is -2.08. The molecule has 0 radical (unpaired) electrons. The first-order valence-electron chi connectivity index (χ1n) is 26.1. The lowest BCUT2D eigenvalue weighted by Gasteiger charge is -2.39. The molecule has 10 heteroatoms. The lowest BCUT2D eigenvalue weighted by atomic mass is 9.99. The summed E-state index contributed by atoms with van der Waals surface area (Å²) in [5, 5.41) is 40.2. The van der Waals surface area contributed by atoms with Crippen LogP contribution in [0.2, 0.25) is 0 Å². The lowest BCUT2D eigenvalue weighted by molar-refractivity contribution is -0.305. The van der Waals surface area contributed by atoms with E-state index in [4.69, 9.17) is 18.9 Å². The topological polar surface area (TPSA) is 152 Å². The first-order chi connectivity index (χ1) is 30.8. The molecule has 4 N–H and O–H groups in total. The Balaban J connectivity index is 2.26. The van der Waals surface area contributed by atoms with E-state index < -0.39 is 49.4 Å². The molecule has 1 heterocycles. The first-order valence-corrected chi connectivity index (χ1v) is 26.1. The molecule has 1 saturated heterocycles. The first kappa shape index (κ1) is 58.9. The summed E-state index contributed by atoms with van der Waals surface area (Å²) in [6.45, 7) is 3.42. The highest BCUT2D eigenvalue weighted by Gasteiger charge is 2.44. The Kier molecular flexibility index (Phi) is 41.0. The van der Waals surface area contributed by atoms with Crippen LogP contribution < -0.4 is 0 Å². The third kappa shape index (κ3) is 34.9. The smallest absolute Gasteiger partial charge is 0.306 e. The van der Waals surface area contributed by atoms with E-state index in [0.717, 1.165) is 57.8 Å². The Bertz CT molecular complexity index is 1120. The van der Waals surface area contributed by atoms with E-state index in [9.17, 15) is 30.0 Å². The summed E-state index contributed by atoms with van der Waals surface area (Å²) in [6, 6.07) is 0. The summed E-state index contributed by atoms with van der Waals surface area (Å²) < 4.78 is 22.3. The van der Waals surface area contributed by atoms with Crippen molar-refractivity contribution in [3.63, 3.8) is 0 Å². The highest BCUT2D eigenvalue weighted by Crippen LogP contribution is 2.23. The van der Waals surface area contributed by atoms with Crippen LogP contribution in [-0.2, 0) is 28.5 Å². The van der Waals surface area contributed by atoms with Crippen LogP contribution in [0.3, 0.4) is 0 Å². The molecule has 368 valence electrons. The molecule has 1 fully saturated rings. The summed E-state index contributed by atoms with van der Waals surface area (Å²) in [5.74, 6) is -0.806. The number of esters is 2. The van der Waals surface area contributed by atoms with Gasteiger partial charge in [0.15, 0.2) is 12.4 Å². The van der Waals surface area contributed by atoms with Gasteiger partial charge in [-0.3, -0.25) is 9.59 Å². The predicted molar refractivity (Wildman–Crippen MR) is 256 cm³/mol. The molecule has 0 aromatic rings. The van der Waals surface area contributed by atoms with Crippen molar-refractivity contribution in [2.24, 2.45) is 0 Å². The number of aliphatic hydroxyl groups excluding tert-OH is 4. The van der Waals surface area contributed by atoms with Crippen LogP contribution in [0.5, 0.6) is 0 Å². The van der Waals surface area contributed by atoms with Crippen molar-refractivity contribution >= 4 is 11.9 Å². The van der Waals surface area contributed by atoms with Gasteiger partial charge in [0.25, 0.3) is 0 Å². The van der Waals surface area contributed by atoms with Gasteiger partial charge < -0.3 is 39.4 Å². The second-order valence-electron chi connectivity index (χ2n) is 18.0. The van der Waals surface area contributed by atoms with Gasteiger partial charge in [0, 0.05) is 12.8 Å². The zero-order valence-corrected chi connectivity index (χ0v) is 40.3. The number of carbonyl (C=O) groups is 2. The van der Waals surface area contributed by atoms with Gasteiger partial charge in [0.05, 0.1) is 13.2 Å². The molecule has 1 aliphatic heterocycles. The average molecular weight is 893 g/mol. The van der Waals surface area contributed by atoms with E-state index in [1.54, 1.807) is 0 Å². The molecule has 1 rings (SSSR count). The van der Waals surface area contributed by atoms with Crippen LogP contribution >= 0.6 is 0 Å². The number of rotatable bonds is 44. The van der Waals surface area contributed by atoms with E-state index in [-0.39, 0.29) is 32.0 Å². The molecule has 1 aliphatic rings. The average Bonchev–Trinajstić information content (AvgIpc) is 3.28. The summed E-state index contributed by atoms with van der Waals surface area (Å²) in [7, 11) is 0. The molecule has 0 aliphatic carbocycles. The number of allylic oxidation sites excluding steroid dienone is 6. The molecule has 0 bridgehead atoms. The summed E-state index contributed by atoms with van der Waals surface area (Å²) in [5.41, 5.74) is 0. The summed E-state index contributed by atoms with van der Waals surface area (Å²) >= 11 is 0. The van der Waals surface area contributed by atoms with Crippen LogP contribution in [0, 0.1) is 0 Å². The van der Waals surface area contributed by atoms with Gasteiger partial charge in [-0.15, -0.1) is 0 Å². The van der Waals surface area contributed by atoms with E-state index >= 15 is 0 Å². The molecule has 0 saturated carbocycles. The van der Waals surface area contributed by atoms with E-state index in [2.05, 4.69) is 50.3 Å². The highest BCUT2D eigenvalue weighted by atomic mass is 16.7. The fourth-order valence-electron chi connectivity index (χ4n) is 7.86. The maximum Gasteiger partial charge on any atom is 0.306 e. The zero-order valence-electron chi connectivity index (χ0n) is 40.3. The van der Waals surface area contributed by atoms with Gasteiger partial charge in [0.1, 0.15) is 31.0 Å². The van der Waals surface area contributed by atoms with Crippen molar-refractivity contribution in [1.82, 2.24) is 0 Å². The Labute approximate surface area is 385 Å². The van der Waals surface area contributed by atoms with Crippen molar-refractivity contribution in [1.29, 1.82) is 0 Å². The minimum atomic E-state index is -1.60. The van der Waals surface area contributed by atoms with Gasteiger partial charge >= 0.3 is 11.9 Å². The SMILES string of the molecule is CCCCC/C=C/C/C=C/CCCCCCCCCCCC(=O)O[C@@H](COC(=O)CCCCCCCCCCC/C=C/CCCCCCCC)CO[C@H]1O[C@@H](CO)[C@@H](O)C(O)C1O. The van der Waals surface area contributed by atoms with Crippen molar-refractivity contribution in [3.8, 4) is 0 Å². The largest absolute Gasteiger partial charge is 0.462 e. The zero-order chi connectivity index (χ0) is 45.9. The molecule has 6 atom stereocenters. The normalized spacial score (nSPS) is 19.7. The Morgan fingerprint density at radius 1 is 0.492 bits per heavy atom. The van der Waals surface area contributed by atoms with E-state index in [1.807, 2.05) is 0 Å². The van der Waals surface area contributed by atoms with Crippen LogP contribution in [0.15, 0.2) is 36.5 Å². The van der Waals surface area contributed by atoms with Crippen LogP contribution in [-0.4, -0.2) is 89.0 Å². The highest BCUT2D eigenvalue weighted by molar-refractivity contribution is 5.70. The van der Waals surface area contributed by atoms with E-state index in [1.165, 1.54) is 141 Å². The molecular formula is C53H96O10. The molecule has 63 heavy (non-hydrogen) atoms. The van der Waals surface area contributed by atoms with Gasteiger partial charge in [-0.25, -0.2) is 0 Å². The van der Waals surface area contributed by atoms with Crippen molar-refractivity contribution < 1.29 is 49.0 Å². The molecule has 10 nitrogen and oxygen atoms in total. The number of hydrogen-bond donors (Lipinski definition) is 4. The van der Waals surface area contributed by atoms with Crippen molar-refractivity contribution in [3.05, 3.63) is 36.5 Å². The van der Waals surface area contributed by atoms with Crippen molar-refractivity contribution in [2.45, 2.75) is 269 Å². The molecule has 0 aromatic carbocycles. The Morgan fingerprint density at radius 3 is 1.37 bits per heavy atom. The molecule has 0 aromatic heterocycles. The Morgan fingerprint density at radius 2 is 0.889 bits per heavy atom. The number of carbonyl (C=O) groups excluding carboxylic acids is 2. The third-order valence-corrected chi connectivity index (χ3v) is 12.0. The number of hydrogen-bond acceptors (Lipinski definition) is 10. The minimum Gasteiger partial charge on any atom is -0.462 e. The molecule has 0 spiro atoms. The van der Waals surface area contributed by atoms with Gasteiger partial charge in [-0.2, -0.15) is 0 Å². The van der Waals surface area contributed by atoms with Gasteiger partial charge in [-0.05, 0) is 70.6 Å². The van der Waals surface area contributed by atoms with Gasteiger partial charge in [-0.1, -0.05) is 185 Å². The van der Waals surface area contributed by atoms with Crippen LogP contribution in [0.4, 0.5) is 0 Å². The lowest BCUT2D eigenvalue weighted by Crippen LogP contribution is -2.59. The predicted octanol–water partition coefficient (Wildman–Crippen LogP) is 12.2. The second-order valence-corrected chi connectivity index (χ2v) is 18.0. The maximum atomic E-state index is 12.8. The maximum absolute atomic E-state index is 12.8. The van der Waals surface area contributed by atoms with Crippen LogP contribution in [0.25, 0.3) is 0 Å². The van der Waals surface area contributed by atoms with Gasteiger partial charge in [0.2, 0.25) is 0 Å². The summed E-state index contributed by atoms with van der Waals surface area (Å²) in [4.78, 5) is 25.5. The van der Waals surface area contributed by atoms with Crippen LogP contribution in [0.1, 0.15) is 232 Å². The van der Waals surface area contributed by atoms with Crippen molar-refractivity contribution in [2.75, 3.05) is 19.8 Å². The second kappa shape index (κ2) is 43.8. The molecule has 2 unspecified atom stereocenters. The fraction of sp³-hybridized carbons (Fsp3) is 0.849. The van der Waals surface area contributed by atoms with E-state index in [0.29, 0.717) is 6.42 Å². The number of ether oxygens (including phenoxy) is 4. The monoisotopic (exact) mass is 893 g/mol. The number of aliphatic hydroxyl groups is 4. The molecular weight excluding hydrogens is 797 g/mol.